The van der Waals surface area contributed by atoms with Gasteiger partial charge in [-0.2, -0.15) is 0 Å². The Bertz CT molecular complexity index is 2820. The number of aliphatic carboxylic acids is 1. The minimum Gasteiger partial charge on any atom is -0.481 e. The lowest BCUT2D eigenvalue weighted by Gasteiger charge is -2.32. The van der Waals surface area contributed by atoms with Gasteiger partial charge in [-0.25, -0.2) is 4.68 Å². The number of guanidine groups is 1. The molecule has 1 aliphatic heterocycles. The zero-order valence-electron chi connectivity index (χ0n) is 56.2. The van der Waals surface area contributed by atoms with E-state index in [9.17, 15) is 43.5 Å². The number of benzene rings is 1. The van der Waals surface area contributed by atoms with Crippen molar-refractivity contribution in [2.75, 3.05) is 132 Å². The third kappa shape index (κ3) is 32.7. The SMILES string of the molecule is NC(N)=NCCC[C@@H]1NC[C@H](Cc2cn(CCOCCOCCOCCOCCOCCOCCOCCOCCNC(=O)[C@@H](NC(=O)[C@H](CC3CCCCC3)NC(=O)c3ccno3)C3CCCCC3)nn2)NC(=O)[C@@H](Cc2ccccc2)NC(=O)[C@H](CC(=O)O)NC(=O)CNC1=O. The maximum atomic E-state index is 14.2. The highest BCUT2D eigenvalue weighted by atomic mass is 16.6. The van der Waals surface area contributed by atoms with Crippen molar-refractivity contribution in [3.05, 3.63) is 65.8 Å². The number of nitrogens with two attached hydrogens (primary N) is 2. The number of aliphatic imine (C=N–C) groups is 1. The Morgan fingerprint density at radius 3 is 1.85 bits per heavy atom. The first-order valence-corrected chi connectivity index (χ1v) is 34.2. The zero-order valence-corrected chi connectivity index (χ0v) is 56.2. The summed E-state index contributed by atoms with van der Waals surface area (Å²) in [6, 6.07) is 4.46. The maximum absolute atomic E-state index is 14.2. The van der Waals surface area contributed by atoms with Gasteiger partial charge in [0.25, 0.3) is 5.91 Å². The van der Waals surface area contributed by atoms with Crippen LogP contribution in [0.3, 0.4) is 0 Å². The van der Waals surface area contributed by atoms with Crippen LogP contribution in [0.5, 0.6) is 0 Å². The number of amides is 7. The van der Waals surface area contributed by atoms with E-state index in [-0.39, 0.29) is 75.0 Å². The molecule has 0 spiro atoms. The minimum atomic E-state index is -1.56. The van der Waals surface area contributed by atoms with Gasteiger partial charge in [0.05, 0.1) is 143 Å². The molecule has 3 aromatic rings. The number of nitrogens with zero attached hydrogens (tertiary/aromatic N) is 5. The molecule has 33 nitrogen and oxygen atoms in total. The Balaban J connectivity index is 0.766. The molecule has 0 radical (unpaired) electrons. The molecule has 13 N–H and O–H groups in total. The largest absolute Gasteiger partial charge is 0.481 e. The van der Waals surface area contributed by atoms with Crippen molar-refractivity contribution < 1.29 is 85.9 Å². The Kier molecular flexibility index (Phi) is 38.2. The van der Waals surface area contributed by atoms with Gasteiger partial charge in [-0.3, -0.25) is 43.3 Å². The lowest BCUT2D eigenvalue weighted by Crippen LogP contribution is -2.57. The number of hydrogen-bond acceptors (Lipinski definition) is 22. The van der Waals surface area contributed by atoms with Gasteiger partial charge in [-0.05, 0) is 49.5 Å². The fourth-order valence-corrected chi connectivity index (χ4v) is 11.5. The number of ether oxygens (including phenoxy) is 8. The second-order valence-corrected chi connectivity index (χ2v) is 24.2. The number of carbonyl (C=O) groups excluding carboxylic acids is 7. The quantitative estimate of drug-likeness (QED) is 0.0188. The van der Waals surface area contributed by atoms with E-state index in [2.05, 4.69) is 63.0 Å². The molecule has 0 unspecified atom stereocenters. The predicted octanol–water partition coefficient (Wildman–Crippen LogP) is -0.795. The normalized spacial score (nSPS) is 19.1. The molecule has 98 heavy (non-hydrogen) atoms. The van der Waals surface area contributed by atoms with Crippen molar-refractivity contribution in [3.63, 3.8) is 0 Å². The average molecular weight is 1380 g/mol. The summed E-state index contributed by atoms with van der Waals surface area (Å²) < 4.78 is 51.7. The molecule has 33 heteroatoms. The monoisotopic (exact) mass is 1380 g/mol. The van der Waals surface area contributed by atoms with Gasteiger partial charge >= 0.3 is 5.97 Å². The molecular formula is C65H103N15O18. The Hall–Kier alpha value is -7.76. The second-order valence-electron chi connectivity index (χ2n) is 24.2. The van der Waals surface area contributed by atoms with Crippen LogP contribution < -0.4 is 54.0 Å². The van der Waals surface area contributed by atoms with Crippen molar-refractivity contribution in [2.45, 2.75) is 146 Å². The van der Waals surface area contributed by atoms with Crippen LogP contribution in [0.2, 0.25) is 0 Å². The summed E-state index contributed by atoms with van der Waals surface area (Å²) in [5.74, 6) is -5.18. The zero-order chi connectivity index (χ0) is 69.8. The van der Waals surface area contributed by atoms with Gasteiger partial charge < -0.3 is 102 Å². The molecule has 7 amide bonds. The molecule has 3 fully saturated rings. The standard InChI is InChI=1S/C65H103N15O18/c66-65(67)69-19-10-17-51-59(84)71-44-56(81)74-54(42-57(82)83)61(86)75-52(39-46-11-4-1-5-12-46)60(85)73-49(43-70-51)41-50-45-80(79-78-50)22-24-91-26-28-93-30-32-95-34-36-97-38-37-96-35-33-94-31-29-92-27-25-90-23-21-68-64(89)58(48-15-8-3-9-16-48)77-62(87)53(40-47-13-6-2-7-14-47)76-63(88)55-18-20-72-98-55/h1,4-5,11-12,18,20,45,47-49,51-54,58,70H,2-3,6-10,13-17,19,21-44H2,(H,68,89)(H,71,84)(H,73,85)(H,74,81)(H,75,86)(H,76,88)(H,77,87)(H,82,83)(H4,66,67,69)/t49-,51-,52+,53-,54-,58-/m0/s1. The molecule has 3 aliphatic rings. The first kappa shape index (κ1) is 79.2. The molecule has 0 bridgehead atoms. The molecule has 6 rings (SSSR count). The van der Waals surface area contributed by atoms with Gasteiger partial charge in [0.15, 0.2) is 5.96 Å². The highest BCUT2D eigenvalue weighted by molar-refractivity contribution is 5.97. The Labute approximate surface area is 571 Å². The van der Waals surface area contributed by atoms with Crippen LogP contribution in [0.25, 0.3) is 0 Å². The second kappa shape index (κ2) is 47.3. The Morgan fingerprint density at radius 1 is 0.663 bits per heavy atom. The summed E-state index contributed by atoms with van der Waals surface area (Å²) in [7, 11) is 0. The van der Waals surface area contributed by atoms with Crippen molar-refractivity contribution in [2.24, 2.45) is 28.3 Å². The number of hydrogen-bond donors (Lipinski definition) is 11. The molecule has 2 saturated carbocycles. The predicted molar refractivity (Wildman–Crippen MR) is 354 cm³/mol. The van der Waals surface area contributed by atoms with Crippen LogP contribution in [0.4, 0.5) is 0 Å². The molecule has 3 heterocycles. The summed E-state index contributed by atoms with van der Waals surface area (Å²) in [6.45, 7) is 6.12. The van der Waals surface area contributed by atoms with Crippen molar-refractivity contribution >= 4 is 53.3 Å². The molecule has 2 aromatic heterocycles. The third-order valence-electron chi connectivity index (χ3n) is 16.5. The van der Waals surface area contributed by atoms with Crippen LogP contribution >= 0.6 is 0 Å². The smallest absolute Gasteiger partial charge is 0.305 e. The van der Waals surface area contributed by atoms with E-state index in [0.29, 0.717) is 136 Å². The number of rotatable bonds is 45. The van der Waals surface area contributed by atoms with Gasteiger partial charge in [0.1, 0.15) is 24.2 Å². The van der Waals surface area contributed by atoms with E-state index < -0.39 is 84.7 Å². The average Bonchev–Trinajstić information content (AvgIpc) is 1.30. The van der Waals surface area contributed by atoms with Gasteiger partial charge in [-0.1, -0.05) is 92.1 Å². The number of nitrogens with one attached hydrogen (secondary N) is 8. The summed E-state index contributed by atoms with van der Waals surface area (Å²) in [5, 5.41) is 44.3. The summed E-state index contributed by atoms with van der Waals surface area (Å²) in [6.07, 6.45) is 13.7. The molecular weight excluding hydrogens is 1280 g/mol. The Morgan fingerprint density at radius 2 is 1.26 bits per heavy atom. The first-order chi connectivity index (χ1) is 47.7. The first-order valence-electron chi connectivity index (χ1n) is 34.2. The molecule has 546 valence electrons. The van der Waals surface area contributed by atoms with Gasteiger partial charge in [-0.15, -0.1) is 5.10 Å². The number of carboxylic acids is 1. The minimum absolute atomic E-state index is 0.00879. The van der Waals surface area contributed by atoms with E-state index in [4.69, 9.17) is 53.9 Å². The summed E-state index contributed by atoms with van der Waals surface area (Å²) >= 11 is 0. The molecule has 6 atom stereocenters. The van der Waals surface area contributed by atoms with Gasteiger partial charge in [0, 0.05) is 50.8 Å². The van der Waals surface area contributed by atoms with E-state index in [1.807, 2.05) is 0 Å². The van der Waals surface area contributed by atoms with Crippen LogP contribution in [-0.4, -0.2) is 247 Å². The van der Waals surface area contributed by atoms with Gasteiger partial charge in [0.2, 0.25) is 41.2 Å². The fourth-order valence-electron chi connectivity index (χ4n) is 11.5. The van der Waals surface area contributed by atoms with Crippen LogP contribution in [0.15, 0.2) is 58.3 Å². The fraction of sp³-hybridized carbons (Fsp3) is 0.692. The van der Waals surface area contributed by atoms with E-state index in [1.165, 1.54) is 18.7 Å². The lowest BCUT2D eigenvalue weighted by atomic mass is 9.82. The maximum Gasteiger partial charge on any atom is 0.305 e. The van der Waals surface area contributed by atoms with E-state index in [0.717, 1.165) is 57.8 Å². The number of aromatic nitrogens is 4. The number of carbonyl (C=O) groups is 8. The van der Waals surface area contributed by atoms with Crippen LogP contribution in [0.1, 0.15) is 112 Å². The van der Waals surface area contributed by atoms with E-state index in [1.54, 1.807) is 41.2 Å². The van der Waals surface area contributed by atoms with Crippen LogP contribution in [0, 0.1) is 11.8 Å². The molecule has 2 aliphatic carbocycles. The molecule has 1 saturated heterocycles. The summed E-state index contributed by atoms with van der Waals surface area (Å²) in [4.78, 5) is 110. The topological polar surface area (TPSA) is 448 Å². The van der Waals surface area contributed by atoms with Crippen molar-refractivity contribution in [1.29, 1.82) is 0 Å². The summed E-state index contributed by atoms with van der Waals surface area (Å²) in [5.41, 5.74) is 12.2. The highest BCUT2D eigenvalue weighted by Gasteiger charge is 2.36. The van der Waals surface area contributed by atoms with Crippen molar-refractivity contribution in [1.82, 2.24) is 62.7 Å². The van der Waals surface area contributed by atoms with E-state index >= 15 is 0 Å². The van der Waals surface area contributed by atoms with Crippen LogP contribution in [-0.2, 0) is 90.8 Å². The highest BCUT2D eigenvalue weighted by Crippen LogP contribution is 2.29. The van der Waals surface area contributed by atoms with Crippen molar-refractivity contribution in [3.8, 4) is 0 Å². The third-order valence-corrected chi connectivity index (χ3v) is 16.5. The lowest BCUT2D eigenvalue weighted by molar-refractivity contribution is -0.141. The molecule has 1 aromatic carbocycles. The number of carboxylic acid groups (broad SMARTS) is 1.